The van der Waals surface area contributed by atoms with Crippen molar-refractivity contribution in [1.29, 1.82) is 0 Å². The molecule has 1 aliphatic heterocycles. The van der Waals surface area contributed by atoms with Crippen LogP contribution in [0, 0.1) is 5.92 Å². The Morgan fingerprint density at radius 1 is 0.841 bits per heavy atom. The van der Waals surface area contributed by atoms with E-state index in [1.165, 1.54) is 0 Å². The van der Waals surface area contributed by atoms with Gasteiger partial charge in [-0.15, -0.1) is 0 Å². The molecule has 4 rings (SSSR count). The molecular formula is C35H46N2O7. The van der Waals surface area contributed by atoms with Crippen molar-refractivity contribution in [3.8, 4) is 34.1 Å². The normalized spacial score (nSPS) is 16.2. The molecule has 3 aromatic carbocycles. The fourth-order valence-electron chi connectivity index (χ4n) is 5.40. The molecule has 1 heterocycles. The van der Waals surface area contributed by atoms with E-state index < -0.39 is 0 Å². The third-order valence-electron chi connectivity index (χ3n) is 7.86. The first-order chi connectivity index (χ1) is 21.4. The molecule has 1 fully saturated rings. The van der Waals surface area contributed by atoms with Crippen LogP contribution in [-0.2, 0) is 16.1 Å². The van der Waals surface area contributed by atoms with E-state index in [1.807, 2.05) is 43.0 Å². The zero-order valence-electron chi connectivity index (χ0n) is 26.8. The van der Waals surface area contributed by atoms with E-state index >= 15 is 0 Å². The molecule has 1 saturated heterocycles. The maximum Gasteiger partial charge on any atom is 0.254 e. The average Bonchev–Trinajstić information content (AvgIpc) is 3.50. The summed E-state index contributed by atoms with van der Waals surface area (Å²) >= 11 is 0. The summed E-state index contributed by atoms with van der Waals surface area (Å²) < 4.78 is 33.8. The molecule has 2 unspecified atom stereocenters. The van der Waals surface area contributed by atoms with Gasteiger partial charge in [-0.2, -0.15) is 0 Å². The van der Waals surface area contributed by atoms with Gasteiger partial charge < -0.3 is 38.6 Å². The first-order valence-corrected chi connectivity index (χ1v) is 15.1. The SMILES string of the molecule is COCCCOc1cc(C(=O)N(CC2CNCC2OCc2cccc(-c3ccc(OC)c(OC)c3)c2)C(C)C)ccc1OC. The van der Waals surface area contributed by atoms with Crippen molar-refractivity contribution in [2.45, 2.75) is 39.0 Å². The molecule has 0 bridgehead atoms. The molecule has 9 nitrogen and oxygen atoms in total. The van der Waals surface area contributed by atoms with Gasteiger partial charge in [0.2, 0.25) is 0 Å². The molecule has 1 N–H and O–H groups in total. The number of methoxy groups -OCH3 is 4. The number of carbonyl (C=O) groups excluding carboxylic acids is 1. The fraction of sp³-hybridized carbons (Fsp3) is 0.457. The maximum absolute atomic E-state index is 13.8. The van der Waals surface area contributed by atoms with Crippen LogP contribution in [0.5, 0.6) is 23.0 Å². The molecule has 0 radical (unpaired) electrons. The van der Waals surface area contributed by atoms with Gasteiger partial charge in [-0.25, -0.2) is 0 Å². The van der Waals surface area contributed by atoms with Gasteiger partial charge in [-0.3, -0.25) is 4.79 Å². The molecule has 1 aliphatic rings. The summed E-state index contributed by atoms with van der Waals surface area (Å²) in [5, 5.41) is 3.46. The second-order valence-electron chi connectivity index (χ2n) is 11.1. The van der Waals surface area contributed by atoms with Crippen LogP contribution in [0.1, 0.15) is 36.2 Å². The predicted molar refractivity (Wildman–Crippen MR) is 171 cm³/mol. The average molecular weight is 607 g/mol. The van der Waals surface area contributed by atoms with Crippen LogP contribution in [0.4, 0.5) is 0 Å². The standard InChI is InChI=1S/C35H46N2O7/c1-24(2)37(35(38)28-12-14-31(41-5)33(19-28)43-16-8-15-39-3)22-29-20-36-21-34(29)44-23-25-9-7-10-26(17-25)27-11-13-30(40-4)32(18-27)42-6/h7,9-14,17-19,24,29,34,36H,8,15-16,20-23H2,1-6H3. The van der Waals surface area contributed by atoms with E-state index in [4.69, 9.17) is 28.4 Å². The van der Waals surface area contributed by atoms with Crippen LogP contribution in [0.2, 0.25) is 0 Å². The monoisotopic (exact) mass is 606 g/mol. The van der Waals surface area contributed by atoms with E-state index in [-0.39, 0.29) is 24.0 Å². The van der Waals surface area contributed by atoms with E-state index in [9.17, 15) is 4.79 Å². The van der Waals surface area contributed by atoms with Gasteiger partial charge in [-0.1, -0.05) is 24.3 Å². The van der Waals surface area contributed by atoms with Crippen LogP contribution >= 0.6 is 0 Å². The molecule has 1 amide bonds. The number of nitrogens with one attached hydrogen (secondary N) is 1. The van der Waals surface area contributed by atoms with Crippen molar-refractivity contribution in [3.05, 3.63) is 71.8 Å². The highest BCUT2D eigenvalue weighted by Crippen LogP contribution is 2.33. The van der Waals surface area contributed by atoms with E-state index in [0.717, 1.165) is 36.2 Å². The molecule has 3 aromatic rings. The van der Waals surface area contributed by atoms with E-state index in [2.05, 4.69) is 23.5 Å². The van der Waals surface area contributed by atoms with Gasteiger partial charge >= 0.3 is 0 Å². The number of carbonyl (C=O) groups is 1. The highest BCUT2D eigenvalue weighted by molar-refractivity contribution is 5.95. The number of amides is 1. The van der Waals surface area contributed by atoms with Crippen LogP contribution in [0.25, 0.3) is 11.1 Å². The number of benzene rings is 3. The van der Waals surface area contributed by atoms with Gasteiger partial charge in [0.1, 0.15) is 0 Å². The lowest BCUT2D eigenvalue weighted by Crippen LogP contribution is -2.43. The van der Waals surface area contributed by atoms with Gasteiger partial charge in [0.15, 0.2) is 23.0 Å². The Morgan fingerprint density at radius 2 is 1.57 bits per heavy atom. The van der Waals surface area contributed by atoms with E-state index in [0.29, 0.717) is 54.9 Å². The maximum atomic E-state index is 13.8. The van der Waals surface area contributed by atoms with Crippen molar-refractivity contribution in [2.75, 3.05) is 61.3 Å². The minimum Gasteiger partial charge on any atom is -0.493 e. The Morgan fingerprint density at radius 3 is 2.30 bits per heavy atom. The summed E-state index contributed by atoms with van der Waals surface area (Å²) in [6.07, 6.45) is 0.719. The molecule has 0 spiro atoms. The Balaban J connectivity index is 1.42. The molecule has 0 aromatic heterocycles. The number of ether oxygens (including phenoxy) is 6. The largest absolute Gasteiger partial charge is 0.493 e. The lowest BCUT2D eigenvalue weighted by atomic mass is 10.0. The number of nitrogens with zero attached hydrogens (tertiary/aromatic N) is 1. The summed E-state index contributed by atoms with van der Waals surface area (Å²) in [6, 6.07) is 19.6. The van der Waals surface area contributed by atoms with Gasteiger partial charge in [0.05, 0.1) is 40.6 Å². The predicted octanol–water partition coefficient (Wildman–Crippen LogP) is 5.45. The summed E-state index contributed by atoms with van der Waals surface area (Å²) in [5.74, 6) is 2.64. The third kappa shape index (κ3) is 8.43. The first-order valence-electron chi connectivity index (χ1n) is 15.1. The highest BCUT2D eigenvalue weighted by Gasteiger charge is 2.32. The minimum absolute atomic E-state index is 0.00934. The first kappa shape index (κ1) is 33.1. The molecule has 2 atom stereocenters. The second-order valence-corrected chi connectivity index (χ2v) is 11.1. The zero-order chi connectivity index (χ0) is 31.5. The zero-order valence-corrected chi connectivity index (χ0v) is 26.8. The Hall–Kier alpha value is -3.79. The summed E-state index contributed by atoms with van der Waals surface area (Å²) in [5.41, 5.74) is 3.76. The molecular weight excluding hydrogens is 560 g/mol. The Bertz CT molecular complexity index is 1360. The Labute approximate surface area is 261 Å². The van der Waals surface area contributed by atoms with Gasteiger partial charge in [0.25, 0.3) is 5.91 Å². The van der Waals surface area contributed by atoms with Crippen LogP contribution in [0.15, 0.2) is 60.7 Å². The second kappa shape index (κ2) is 16.3. The topological polar surface area (TPSA) is 87.7 Å². The number of hydrogen-bond donors (Lipinski definition) is 1. The molecule has 0 saturated carbocycles. The highest BCUT2D eigenvalue weighted by atomic mass is 16.5. The lowest BCUT2D eigenvalue weighted by Gasteiger charge is -2.31. The number of hydrogen-bond acceptors (Lipinski definition) is 8. The van der Waals surface area contributed by atoms with Crippen LogP contribution < -0.4 is 24.3 Å². The molecule has 9 heteroatoms. The van der Waals surface area contributed by atoms with Crippen molar-refractivity contribution < 1.29 is 33.2 Å². The fourth-order valence-corrected chi connectivity index (χ4v) is 5.40. The quantitative estimate of drug-likeness (QED) is 0.216. The van der Waals surface area contributed by atoms with Crippen molar-refractivity contribution in [2.24, 2.45) is 5.92 Å². The smallest absolute Gasteiger partial charge is 0.254 e. The minimum atomic E-state index is -0.0438. The molecule has 44 heavy (non-hydrogen) atoms. The Kier molecular flexibility index (Phi) is 12.3. The molecule has 0 aliphatic carbocycles. The van der Waals surface area contributed by atoms with Crippen molar-refractivity contribution in [1.82, 2.24) is 10.2 Å². The van der Waals surface area contributed by atoms with Crippen molar-refractivity contribution >= 4 is 5.91 Å². The molecule has 238 valence electrons. The van der Waals surface area contributed by atoms with Gasteiger partial charge in [-0.05, 0) is 66.9 Å². The van der Waals surface area contributed by atoms with Crippen LogP contribution in [0.3, 0.4) is 0 Å². The van der Waals surface area contributed by atoms with Gasteiger partial charge in [0, 0.05) is 57.3 Å². The number of rotatable bonds is 16. The van der Waals surface area contributed by atoms with Crippen LogP contribution in [-0.4, -0.2) is 84.2 Å². The van der Waals surface area contributed by atoms with E-state index in [1.54, 1.807) is 46.6 Å². The summed E-state index contributed by atoms with van der Waals surface area (Å²) in [7, 11) is 6.53. The van der Waals surface area contributed by atoms with Crippen molar-refractivity contribution in [3.63, 3.8) is 0 Å². The lowest BCUT2D eigenvalue weighted by molar-refractivity contribution is 0.0129. The third-order valence-corrected chi connectivity index (χ3v) is 7.86. The summed E-state index contributed by atoms with van der Waals surface area (Å²) in [4.78, 5) is 15.7. The summed E-state index contributed by atoms with van der Waals surface area (Å²) in [6.45, 7) is 7.73.